The minimum Gasteiger partial charge on any atom is -0.353 e. The summed E-state index contributed by atoms with van der Waals surface area (Å²) in [6.07, 6.45) is 0. The van der Waals surface area contributed by atoms with Crippen LogP contribution in [0.3, 0.4) is 0 Å². The van der Waals surface area contributed by atoms with Gasteiger partial charge in [-0.05, 0) is 90.5 Å². The maximum Gasteiger partial charge on any atom is 0.0551 e. The predicted octanol–water partition coefficient (Wildman–Crippen LogP) is 14.0. The van der Waals surface area contributed by atoms with Crippen LogP contribution in [0.4, 0.5) is 0 Å². The van der Waals surface area contributed by atoms with Crippen LogP contribution in [-0.4, -0.2) is 4.98 Å². The zero-order chi connectivity index (χ0) is 34.0. The highest BCUT2D eigenvalue weighted by Crippen LogP contribution is 2.50. The van der Waals surface area contributed by atoms with Crippen molar-refractivity contribution in [3.63, 3.8) is 0 Å². The van der Waals surface area contributed by atoms with Crippen LogP contribution in [0.2, 0.25) is 0 Å². The number of hydrogen-bond acceptors (Lipinski definition) is 0. The van der Waals surface area contributed by atoms with Gasteiger partial charge >= 0.3 is 0 Å². The number of nitrogens with one attached hydrogen (secondary N) is 1. The predicted molar refractivity (Wildman–Crippen MR) is 216 cm³/mol. The second-order valence-electron chi connectivity index (χ2n) is 13.8. The summed E-state index contributed by atoms with van der Waals surface area (Å²) in [5.74, 6) is 0. The lowest BCUT2D eigenvalue weighted by Gasteiger charge is -2.22. The van der Waals surface area contributed by atoms with E-state index in [1.54, 1.807) is 0 Å². The monoisotopic (exact) mass is 641 g/mol. The number of rotatable bonds is 3. The highest BCUT2D eigenvalue weighted by atomic mass is 14.7. The summed E-state index contributed by atoms with van der Waals surface area (Å²) >= 11 is 0. The van der Waals surface area contributed by atoms with Gasteiger partial charge in [-0.15, -0.1) is 0 Å². The van der Waals surface area contributed by atoms with Crippen molar-refractivity contribution in [3.05, 3.63) is 169 Å². The second kappa shape index (κ2) is 11.6. The third-order valence-corrected chi connectivity index (χ3v) is 10.8. The molecule has 1 aliphatic rings. The molecule has 0 atom stereocenters. The van der Waals surface area contributed by atoms with Crippen LogP contribution in [0.5, 0.6) is 0 Å². The third-order valence-electron chi connectivity index (χ3n) is 10.8. The highest BCUT2D eigenvalue weighted by Gasteiger charge is 2.35. The maximum absolute atomic E-state index is 3.95. The molecule has 1 heteroatoms. The molecule has 0 radical (unpaired) electrons. The number of aromatic nitrogens is 1. The summed E-state index contributed by atoms with van der Waals surface area (Å²) in [5.41, 5.74) is 15.2. The Morgan fingerprint density at radius 2 is 0.920 bits per heavy atom. The smallest absolute Gasteiger partial charge is 0.0551 e. The van der Waals surface area contributed by atoms with E-state index in [0.717, 1.165) is 0 Å². The van der Waals surface area contributed by atoms with E-state index in [1.807, 2.05) is 13.8 Å². The van der Waals surface area contributed by atoms with E-state index >= 15 is 0 Å². The van der Waals surface area contributed by atoms with E-state index in [4.69, 9.17) is 0 Å². The van der Waals surface area contributed by atoms with Crippen LogP contribution >= 0.6 is 0 Å². The van der Waals surface area contributed by atoms with Gasteiger partial charge in [-0.25, -0.2) is 0 Å². The number of para-hydroxylation sites is 1. The van der Waals surface area contributed by atoms with Gasteiger partial charge in [-0.3, -0.25) is 0 Å². The van der Waals surface area contributed by atoms with Crippen LogP contribution in [0.15, 0.2) is 158 Å². The van der Waals surface area contributed by atoms with Crippen molar-refractivity contribution in [1.29, 1.82) is 0 Å². The molecule has 0 bridgehead atoms. The van der Waals surface area contributed by atoms with Crippen LogP contribution in [0.1, 0.15) is 38.8 Å². The van der Waals surface area contributed by atoms with Crippen molar-refractivity contribution in [3.8, 4) is 44.5 Å². The number of H-pyrrole nitrogens is 1. The molecule has 0 spiro atoms. The lowest BCUT2D eigenvalue weighted by molar-refractivity contribution is 0.660. The Bertz CT molecular complexity index is 2740. The number of fused-ring (bicyclic) bond motifs is 11. The first-order chi connectivity index (χ1) is 24.6. The van der Waals surface area contributed by atoms with Gasteiger partial charge in [-0.1, -0.05) is 161 Å². The van der Waals surface area contributed by atoms with Gasteiger partial charge < -0.3 is 4.98 Å². The highest BCUT2D eigenvalue weighted by molar-refractivity contribution is 6.32. The standard InChI is InChI=1S/C47H33N.C2H6/c1-47(2)42-22-11-10-17-37(42)38-24-23-30(28-43(38)47)32-25-31(29-13-4-3-5-14-29)26-33(27-32)34-20-12-21-41-44-39-18-8-6-15-35(39)36-16-7-9-19-40(36)46(44)48-45(34)41;1-2/h3-28,48H,1-2H3;1-2H3. The molecule has 1 aromatic heterocycles. The Hall–Kier alpha value is -5.92. The van der Waals surface area contributed by atoms with Crippen molar-refractivity contribution < 1.29 is 0 Å². The van der Waals surface area contributed by atoms with Gasteiger partial charge in [0.05, 0.1) is 11.0 Å². The van der Waals surface area contributed by atoms with Crippen molar-refractivity contribution in [2.45, 2.75) is 33.1 Å². The van der Waals surface area contributed by atoms with Crippen molar-refractivity contribution >= 4 is 43.4 Å². The molecule has 50 heavy (non-hydrogen) atoms. The zero-order valence-corrected chi connectivity index (χ0v) is 29.0. The van der Waals surface area contributed by atoms with Crippen LogP contribution in [0, 0.1) is 0 Å². The van der Waals surface area contributed by atoms with Gasteiger partial charge in [0.1, 0.15) is 0 Å². The number of hydrogen-bond donors (Lipinski definition) is 1. The zero-order valence-electron chi connectivity index (χ0n) is 29.0. The molecule has 1 N–H and O–H groups in total. The summed E-state index contributed by atoms with van der Waals surface area (Å²) in [6.45, 7) is 8.72. The topological polar surface area (TPSA) is 15.8 Å². The fraction of sp³-hybridized carbons (Fsp3) is 0.102. The first kappa shape index (κ1) is 30.2. The summed E-state index contributed by atoms with van der Waals surface area (Å²) in [5, 5.41) is 7.67. The van der Waals surface area contributed by atoms with Crippen LogP contribution < -0.4 is 0 Å². The first-order valence-corrected chi connectivity index (χ1v) is 17.9. The lowest BCUT2D eigenvalue weighted by atomic mass is 9.81. The number of aromatic amines is 1. The van der Waals surface area contributed by atoms with Gasteiger partial charge in [0.15, 0.2) is 0 Å². The Labute approximate surface area is 293 Å². The Balaban J connectivity index is 0.00000165. The molecule has 1 nitrogen and oxygen atoms in total. The Kier molecular flexibility index (Phi) is 7.00. The average molecular weight is 642 g/mol. The van der Waals surface area contributed by atoms with E-state index in [9.17, 15) is 0 Å². The molecule has 9 aromatic rings. The molecule has 10 rings (SSSR count). The largest absolute Gasteiger partial charge is 0.353 e. The number of benzene rings is 8. The van der Waals surface area contributed by atoms with Crippen molar-refractivity contribution in [2.75, 3.05) is 0 Å². The Morgan fingerprint density at radius 3 is 1.70 bits per heavy atom. The van der Waals surface area contributed by atoms with E-state index < -0.39 is 0 Å². The molecule has 8 aromatic carbocycles. The maximum atomic E-state index is 3.95. The lowest BCUT2D eigenvalue weighted by Crippen LogP contribution is -2.14. The molecule has 0 saturated carbocycles. The molecular formula is C49H39N. The molecule has 1 aliphatic carbocycles. The van der Waals surface area contributed by atoms with E-state index in [-0.39, 0.29) is 5.41 Å². The molecule has 0 saturated heterocycles. The normalized spacial score (nSPS) is 13.0. The van der Waals surface area contributed by atoms with E-state index in [2.05, 4.69) is 177 Å². The molecule has 240 valence electrons. The molecular weight excluding hydrogens is 603 g/mol. The van der Waals surface area contributed by atoms with Crippen molar-refractivity contribution in [1.82, 2.24) is 4.98 Å². The molecule has 1 heterocycles. The van der Waals surface area contributed by atoms with E-state index in [0.29, 0.717) is 0 Å². The van der Waals surface area contributed by atoms with Crippen molar-refractivity contribution in [2.24, 2.45) is 0 Å². The molecule has 0 aliphatic heterocycles. The van der Waals surface area contributed by atoms with Gasteiger partial charge in [0.25, 0.3) is 0 Å². The Morgan fingerprint density at radius 1 is 0.360 bits per heavy atom. The summed E-state index contributed by atoms with van der Waals surface area (Å²) in [7, 11) is 0. The minimum absolute atomic E-state index is 0.0523. The molecule has 0 unspecified atom stereocenters. The molecule has 0 amide bonds. The summed E-state index contributed by atoms with van der Waals surface area (Å²) in [4.78, 5) is 3.95. The van der Waals surface area contributed by atoms with Gasteiger partial charge in [0.2, 0.25) is 0 Å². The van der Waals surface area contributed by atoms with Crippen LogP contribution in [0.25, 0.3) is 87.9 Å². The average Bonchev–Trinajstić information content (AvgIpc) is 3.69. The summed E-state index contributed by atoms with van der Waals surface area (Å²) < 4.78 is 0. The van der Waals surface area contributed by atoms with E-state index in [1.165, 1.54) is 99.0 Å². The molecule has 0 fully saturated rings. The van der Waals surface area contributed by atoms with Gasteiger partial charge in [0, 0.05) is 27.1 Å². The quantitative estimate of drug-likeness (QED) is 0.185. The minimum atomic E-state index is -0.0523. The van der Waals surface area contributed by atoms with Crippen LogP contribution in [-0.2, 0) is 5.41 Å². The fourth-order valence-electron chi connectivity index (χ4n) is 8.44. The second-order valence-corrected chi connectivity index (χ2v) is 13.8. The van der Waals surface area contributed by atoms with Gasteiger partial charge in [-0.2, -0.15) is 0 Å². The summed E-state index contributed by atoms with van der Waals surface area (Å²) in [6, 6.07) is 58.3. The fourth-order valence-corrected chi connectivity index (χ4v) is 8.44. The first-order valence-electron chi connectivity index (χ1n) is 17.9. The third kappa shape index (κ3) is 4.47. The SMILES string of the molecule is CC.CC1(C)c2ccccc2-c2ccc(-c3cc(-c4ccccc4)cc(-c4cccc5c4[nH]c4c6ccccc6c6ccccc6c54)c3)cc21.